The highest BCUT2D eigenvalue weighted by Crippen LogP contribution is 2.28. The van der Waals surface area contributed by atoms with Crippen LogP contribution in [0.25, 0.3) is 11.3 Å². The number of carbonyl (C=O) groups is 1. The minimum absolute atomic E-state index is 0.0451. The Kier molecular flexibility index (Phi) is 5.38. The summed E-state index contributed by atoms with van der Waals surface area (Å²) in [4.78, 5) is 19.3. The molecule has 0 unspecified atom stereocenters. The van der Waals surface area contributed by atoms with Gasteiger partial charge < -0.3 is 10.0 Å². The summed E-state index contributed by atoms with van der Waals surface area (Å²) in [6, 6.07) is 21.2. The minimum Gasteiger partial charge on any atom is -0.508 e. The topological polar surface area (TPSA) is 53.4 Å². The van der Waals surface area contributed by atoms with Gasteiger partial charge in [-0.05, 0) is 55.0 Å². The predicted molar refractivity (Wildman–Crippen MR) is 110 cm³/mol. The Morgan fingerprint density at radius 3 is 2.57 bits per heavy atom. The van der Waals surface area contributed by atoms with Gasteiger partial charge in [-0.1, -0.05) is 42.5 Å². The van der Waals surface area contributed by atoms with Crippen LogP contribution < -0.4 is 0 Å². The molecule has 2 aromatic carbocycles. The van der Waals surface area contributed by atoms with Crippen LogP contribution in [0.3, 0.4) is 0 Å². The van der Waals surface area contributed by atoms with Crippen molar-refractivity contribution in [2.24, 2.45) is 0 Å². The van der Waals surface area contributed by atoms with E-state index in [-0.39, 0.29) is 11.7 Å². The number of aromatic nitrogens is 1. The molecule has 1 amide bonds. The zero-order chi connectivity index (χ0) is 19.3. The third kappa shape index (κ3) is 4.06. The molecule has 28 heavy (non-hydrogen) atoms. The van der Waals surface area contributed by atoms with Crippen molar-refractivity contribution in [3.8, 4) is 17.0 Å². The second kappa shape index (κ2) is 8.26. The molecule has 1 atom stereocenters. The van der Waals surface area contributed by atoms with Crippen LogP contribution >= 0.6 is 0 Å². The van der Waals surface area contributed by atoms with Crippen molar-refractivity contribution in [3.05, 3.63) is 84.1 Å². The lowest BCUT2D eigenvalue weighted by Gasteiger charge is -2.21. The van der Waals surface area contributed by atoms with Gasteiger partial charge in [-0.2, -0.15) is 0 Å². The van der Waals surface area contributed by atoms with Crippen molar-refractivity contribution in [1.29, 1.82) is 0 Å². The van der Waals surface area contributed by atoms with Crippen LogP contribution in [0.1, 0.15) is 41.1 Å². The van der Waals surface area contributed by atoms with Crippen molar-refractivity contribution in [2.45, 2.75) is 25.2 Å². The number of nitrogens with zero attached hydrogens (tertiary/aromatic N) is 2. The number of rotatable bonds is 3. The van der Waals surface area contributed by atoms with Crippen LogP contribution in [0.4, 0.5) is 0 Å². The second-order valence-corrected chi connectivity index (χ2v) is 7.31. The Morgan fingerprint density at radius 1 is 0.964 bits per heavy atom. The third-order valence-electron chi connectivity index (χ3n) is 5.44. The SMILES string of the molecule is O=C(c1ccc(-c2cccc(O)c2)nc1)N1CCC[C@@H](c2ccccc2)CC1. The van der Waals surface area contributed by atoms with Crippen molar-refractivity contribution >= 4 is 5.91 Å². The fraction of sp³-hybridized carbons (Fsp3) is 0.250. The fourth-order valence-electron chi connectivity index (χ4n) is 3.90. The summed E-state index contributed by atoms with van der Waals surface area (Å²) >= 11 is 0. The van der Waals surface area contributed by atoms with E-state index in [1.165, 1.54) is 5.56 Å². The number of hydrogen-bond acceptors (Lipinski definition) is 3. The molecule has 0 spiro atoms. The molecule has 142 valence electrons. The maximum Gasteiger partial charge on any atom is 0.255 e. The highest BCUT2D eigenvalue weighted by molar-refractivity contribution is 5.94. The maximum absolute atomic E-state index is 12.9. The first-order valence-electron chi connectivity index (χ1n) is 9.80. The standard InChI is InChI=1S/C24H24N2O2/c27-22-10-4-8-20(16-22)23-12-11-21(17-25-23)24(28)26-14-5-9-19(13-15-26)18-6-2-1-3-7-18/h1-4,6-8,10-12,16-17,19,27H,5,9,13-15H2/t19-/m1/s1. The van der Waals surface area contributed by atoms with Crippen molar-refractivity contribution in [1.82, 2.24) is 9.88 Å². The zero-order valence-electron chi connectivity index (χ0n) is 15.8. The molecule has 4 heteroatoms. The molecule has 0 saturated carbocycles. The monoisotopic (exact) mass is 372 g/mol. The molecule has 2 heterocycles. The molecule has 0 radical (unpaired) electrons. The summed E-state index contributed by atoms with van der Waals surface area (Å²) < 4.78 is 0. The molecule has 0 aliphatic carbocycles. The summed E-state index contributed by atoms with van der Waals surface area (Å²) in [5, 5.41) is 9.63. The summed E-state index contributed by atoms with van der Waals surface area (Å²) in [6.45, 7) is 1.56. The summed E-state index contributed by atoms with van der Waals surface area (Å²) in [6.07, 6.45) is 4.76. The maximum atomic E-state index is 12.9. The molecule has 1 saturated heterocycles. The summed E-state index contributed by atoms with van der Waals surface area (Å²) in [5.74, 6) is 0.769. The number of benzene rings is 2. The number of hydrogen-bond donors (Lipinski definition) is 1. The van der Waals surface area contributed by atoms with Gasteiger partial charge >= 0.3 is 0 Å². The first kappa shape index (κ1) is 18.2. The van der Waals surface area contributed by atoms with Gasteiger partial charge in [-0.15, -0.1) is 0 Å². The number of pyridine rings is 1. The second-order valence-electron chi connectivity index (χ2n) is 7.31. The summed E-state index contributed by atoms with van der Waals surface area (Å²) in [5.41, 5.74) is 3.56. The average molecular weight is 372 g/mol. The molecule has 1 aromatic heterocycles. The van der Waals surface area contributed by atoms with E-state index in [2.05, 4.69) is 29.2 Å². The Balaban J connectivity index is 1.44. The van der Waals surface area contributed by atoms with Crippen LogP contribution in [0.5, 0.6) is 5.75 Å². The van der Waals surface area contributed by atoms with Gasteiger partial charge in [-0.25, -0.2) is 0 Å². The highest BCUT2D eigenvalue weighted by Gasteiger charge is 2.22. The fourth-order valence-corrected chi connectivity index (χ4v) is 3.90. The summed E-state index contributed by atoms with van der Waals surface area (Å²) in [7, 11) is 0. The Bertz CT molecular complexity index is 938. The Labute approximate surface area is 165 Å². The number of phenols is 1. The van der Waals surface area contributed by atoms with E-state index in [4.69, 9.17) is 0 Å². The van der Waals surface area contributed by atoms with Crippen molar-refractivity contribution in [3.63, 3.8) is 0 Å². The molecule has 1 fully saturated rings. The van der Waals surface area contributed by atoms with Crippen molar-refractivity contribution in [2.75, 3.05) is 13.1 Å². The molecule has 1 aliphatic rings. The number of amides is 1. The van der Waals surface area contributed by atoms with E-state index < -0.39 is 0 Å². The van der Waals surface area contributed by atoms with Gasteiger partial charge in [0.1, 0.15) is 5.75 Å². The molecule has 4 nitrogen and oxygen atoms in total. The van der Waals surface area contributed by atoms with Crippen LogP contribution in [0, 0.1) is 0 Å². The van der Waals surface area contributed by atoms with Crippen LogP contribution in [-0.2, 0) is 0 Å². The lowest BCUT2D eigenvalue weighted by Crippen LogP contribution is -2.32. The van der Waals surface area contributed by atoms with Gasteiger partial charge in [0, 0.05) is 24.8 Å². The molecular weight excluding hydrogens is 348 g/mol. The van der Waals surface area contributed by atoms with Crippen LogP contribution in [0.2, 0.25) is 0 Å². The first-order chi connectivity index (χ1) is 13.7. The average Bonchev–Trinajstić information content (AvgIpc) is 3.00. The number of aromatic hydroxyl groups is 1. The molecular formula is C24H24N2O2. The van der Waals surface area contributed by atoms with Gasteiger partial charge in [-0.3, -0.25) is 9.78 Å². The van der Waals surface area contributed by atoms with E-state index in [1.54, 1.807) is 24.4 Å². The Hall–Kier alpha value is -3.14. The Morgan fingerprint density at radius 2 is 1.82 bits per heavy atom. The predicted octanol–water partition coefficient (Wildman–Crippen LogP) is 4.86. The molecule has 3 aromatic rings. The minimum atomic E-state index is 0.0451. The number of likely N-dealkylation sites (tertiary alicyclic amines) is 1. The van der Waals surface area contributed by atoms with Crippen LogP contribution in [-0.4, -0.2) is 34.0 Å². The largest absolute Gasteiger partial charge is 0.508 e. The zero-order valence-corrected chi connectivity index (χ0v) is 15.8. The molecule has 4 rings (SSSR count). The third-order valence-corrected chi connectivity index (χ3v) is 5.44. The van der Waals surface area contributed by atoms with E-state index in [0.717, 1.165) is 43.6 Å². The molecule has 1 N–H and O–H groups in total. The highest BCUT2D eigenvalue weighted by atomic mass is 16.3. The van der Waals surface area contributed by atoms with E-state index >= 15 is 0 Å². The molecule has 0 bridgehead atoms. The van der Waals surface area contributed by atoms with Gasteiger partial charge in [0.15, 0.2) is 0 Å². The molecule has 1 aliphatic heterocycles. The quantitative estimate of drug-likeness (QED) is 0.714. The lowest BCUT2D eigenvalue weighted by atomic mass is 9.92. The lowest BCUT2D eigenvalue weighted by molar-refractivity contribution is 0.0760. The normalized spacial score (nSPS) is 17.1. The van der Waals surface area contributed by atoms with Crippen molar-refractivity contribution < 1.29 is 9.90 Å². The smallest absolute Gasteiger partial charge is 0.255 e. The first-order valence-corrected chi connectivity index (χ1v) is 9.80. The van der Waals surface area contributed by atoms with Crippen LogP contribution in [0.15, 0.2) is 72.9 Å². The van der Waals surface area contributed by atoms with E-state index in [0.29, 0.717) is 11.5 Å². The van der Waals surface area contributed by atoms with E-state index in [1.807, 2.05) is 29.2 Å². The van der Waals surface area contributed by atoms with Gasteiger partial charge in [0.2, 0.25) is 0 Å². The van der Waals surface area contributed by atoms with Gasteiger partial charge in [0.05, 0.1) is 11.3 Å². The number of phenolic OH excluding ortho intramolecular Hbond substituents is 1. The number of carbonyl (C=O) groups excluding carboxylic acids is 1. The van der Waals surface area contributed by atoms with Gasteiger partial charge in [0.25, 0.3) is 5.91 Å². The van der Waals surface area contributed by atoms with E-state index in [9.17, 15) is 9.90 Å².